The Bertz CT molecular complexity index is 659. The van der Waals surface area contributed by atoms with Gasteiger partial charge in [0.05, 0.1) is 9.82 Å². The van der Waals surface area contributed by atoms with Gasteiger partial charge >= 0.3 is 0 Å². The molecule has 0 spiro atoms. The molecule has 0 heterocycles. The molecule has 0 aromatic heterocycles. The lowest BCUT2D eigenvalue weighted by molar-refractivity contribution is -0.383. The molecule has 0 bridgehead atoms. The average molecular weight is 313 g/mol. The predicted octanol–water partition coefficient (Wildman–Crippen LogP) is 1.89. The van der Waals surface area contributed by atoms with E-state index in [1.807, 2.05) is 6.92 Å². The third-order valence-corrected chi connectivity index (χ3v) is 5.77. The lowest BCUT2D eigenvalue weighted by Crippen LogP contribution is -2.37. The van der Waals surface area contributed by atoms with Crippen LogP contribution in [0, 0.1) is 22.0 Å². The van der Waals surface area contributed by atoms with Gasteiger partial charge in [-0.05, 0) is 36.8 Å². The molecule has 1 aliphatic rings. The molecule has 1 saturated carbocycles. The van der Waals surface area contributed by atoms with E-state index in [2.05, 4.69) is 11.6 Å². The van der Waals surface area contributed by atoms with Crippen LogP contribution in [0.15, 0.2) is 23.1 Å². The normalized spacial score (nSPS) is 25.9. The van der Waals surface area contributed by atoms with Crippen molar-refractivity contribution in [3.63, 3.8) is 0 Å². The summed E-state index contributed by atoms with van der Waals surface area (Å²) in [7, 11) is -3.72. The van der Waals surface area contributed by atoms with E-state index >= 15 is 0 Å². The third kappa shape index (κ3) is 3.16. The van der Waals surface area contributed by atoms with Crippen molar-refractivity contribution >= 4 is 21.4 Å². The Kier molecular flexibility index (Phi) is 4.20. The van der Waals surface area contributed by atoms with Gasteiger partial charge in [0.2, 0.25) is 10.0 Å². The summed E-state index contributed by atoms with van der Waals surface area (Å²) in [6.45, 7) is 4.12. The molecule has 116 valence electrons. The number of anilines is 1. The fraction of sp³-hybridized carbons (Fsp3) is 0.538. The minimum absolute atomic E-state index is 0.0441. The van der Waals surface area contributed by atoms with Crippen LogP contribution >= 0.6 is 0 Å². The second-order valence-electron chi connectivity index (χ2n) is 5.62. The van der Waals surface area contributed by atoms with Crippen LogP contribution in [0.5, 0.6) is 0 Å². The molecule has 21 heavy (non-hydrogen) atoms. The summed E-state index contributed by atoms with van der Waals surface area (Å²) in [6.07, 6.45) is 1.78. The van der Waals surface area contributed by atoms with Gasteiger partial charge in [0, 0.05) is 12.1 Å². The smallest absolute Gasteiger partial charge is 0.292 e. The standard InChI is InChI=1S/C13H19N3O4S/c1-8-3-5-12(9(8)2)15-21(19,20)10-4-6-13(16(17)18)11(14)7-10/h4,6-9,12,15H,3,5,14H2,1-2H3. The van der Waals surface area contributed by atoms with E-state index in [-0.39, 0.29) is 28.2 Å². The molecule has 2 rings (SSSR count). The first kappa shape index (κ1) is 15.7. The first-order chi connectivity index (χ1) is 9.72. The van der Waals surface area contributed by atoms with Gasteiger partial charge < -0.3 is 5.73 Å². The van der Waals surface area contributed by atoms with E-state index in [1.165, 1.54) is 6.07 Å². The number of benzene rings is 1. The van der Waals surface area contributed by atoms with Crippen molar-refractivity contribution in [3.05, 3.63) is 28.3 Å². The van der Waals surface area contributed by atoms with E-state index in [0.717, 1.165) is 25.0 Å². The molecule has 3 unspecified atom stereocenters. The highest BCUT2D eigenvalue weighted by molar-refractivity contribution is 7.89. The fourth-order valence-electron chi connectivity index (χ4n) is 2.66. The van der Waals surface area contributed by atoms with Crippen LogP contribution in [0.2, 0.25) is 0 Å². The fourth-order valence-corrected chi connectivity index (χ4v) is 4.06. The highest BCUT2D eigenvalue weighted by Gasteiger charge is 2.33. The zero-order valence-electron chi connectivity index (χ0n) is 11.9. The van der Waals surface area contributed by atoms with E-state index < -0.39 is 14.9 Å². The van der Waals surface area contributed by atoms with Crippen molar-refractivity contribution in [2.75, 3.05) is 5.73 Å². The van der Waals surface area contributed by atoms with Gasteiger partial charge in [0.25, 0.3) is 5.69 Å². The molecule has 7 nitrogen and oxygen atoms in total. The second kappa shape index (κ2) is 5.61. The minimum Gasteiger partial charge on any atom is -0.393 e. The number of hydrogen-bond acceptors (Lipinski definition) is 5. The summed E-state index contributed by atoms with van der Waals surface area (Å²) < 4.78 is 27.3. The van der Waals surface area contributed by atoms with Crippen LogP contribution in [0.3, 0.4) is 0 Å². The molecule has 0 amide bonds. The quantitative estimate of drug-likeness (QED) is 0.500. The first-order valence-corrected chi connectivity index (χ1v) is 8.27. The van der Waals surface area contributed by atoms with Gasteiger partial charge in [0.1, 0.15) is 5.69 Å². The number of nitrogen functional groups attached to an aromatic ring is 1. The van der Waals surface area contributed by atoms with Crippen LogP contribution in [0.1, 0.15) is 26.7 Å². The molecule has 0 aliphatic heterocycles. The first-order valence-electron chi connectivity index (χ1n) is 6.78. The van der Waals surface area contributed by atoms with Crippen molar-refractivity contribution in [1.29, 1.82) is 0 Å². The van der Waals surface area contributed by atoms with E-state index in [0.29, 0.717) is 5.92 Å². The monoisotopic (exact) mass is 313 g/mol. The van der Waals surface area contributed by atoms with Gasteiger partial charge in [0.15, 0.2) is 0 Å². The molecular weight excluding hydrogens is 294 g/mol. The van der Waals surface area contributed by atoms with Crippen molar-refractivity contribution in [1.82, 2.24) is 4.72 Å². The largest absolute Gasteiger partial charge is 0.393 e. The second-order valence-corrected chi connectivity index (χ2v) is 7.33. The van der Waals surface area contributed by atoms with Crippen LogP contribution in [-0.2, 0) is 10.0 Å². The van der Waals surface area contributed by atoms with Crippen molar-refractivity contribution in [2.24, 2.45) is 11.8 Å². The van der Waals surface area contributed by atoms with Gasteiger partial charge in [-0.3, -0.25) is 10.1 Å². The maximum atomic E-state index is 12.3. The molecule has 1 aliphatic carbocycles. The van der Waals surface area contributed by atoms with E-state index in [1.54, 1.807) is 0 Å². The topological polar surface area (TPSA) is 115 Å². The minimum atomic E-state index is -3.72. The summed E-state index contributed by atoms with van der Waals surface area (Å²) in [4.78, 5) is 10.0. The molecule has 0 radical (unpaired) electrons. The number of nitrogens with two attached hydrogens (primary N) is 1. The number of nitro groups is 1. The number of sulfonamides is 1. The van der Waals surface area contributed by atoms with Gasteiger partial charge in [-0.1, -0.05) is 13.8 Å². The molecule has 0 saturated heterocycles. The predicted molar refractivity (Wildman–Crippen MR) is 79.2 cm³/mol. The van der Waals surface area contributed by atoms with E-state index in [9.17, 15) is 18.5 Å². The van der Waals surface area contributed by atoms with Gasteiger partial charge in [-0.15, -0.1) is 0 Å². The Morgan fingerprint density at radius 2 is 2.00 bits per heavy atom. The summed E-state index contributed by atoms with van der Waals surface area (Å²) in [5.74, 6) is 0.731. The van der Waals surface area contributed by atoms with E-state index in [4.69, 9.17) is 5.73 Å². The van der Waals surface area contributed by atoms with Gasteiger partial charge in [-0.25, -0.2) is 13.1 Å². The number of nitro benzene ring substituents is 1. The summed E-state index contributed by atoms with van der Waals surface area (Å²) >= 11 is 0. The maximum Gasteiger partial charge on any atom is 0.292 e. The zero-order chi connectivity index (χ0) is 15.8. The summed E-state index contributed by atoms with van der Waals surface area (Å²) in [5, 5.41) is 10.7. The van der Waals surface area contributed by atoms with Gasteiger partial charge in [-0.2, -0.15) is 0 Å². The Labute approximate surface area is 123 Å². The Hall–Kier alpha value is -1.67. The highest BCUT2D eigenvalue weighted by atomic mass is 32.2. The molecule has 1 aromatic rings. The highest BCUT2D eigenvalue weighted by Crippen LogP contribution is 2.32. The lowest BCUT2D eigenvalue weighted by Gasteiger charge is -2.19. The molecule has 3 atom stereocenters. The molecule has 3 N–H and O–H groups in total. The molecule has 8 heteroatoms. The maximum absolute atomic E-state index is 12.3. The SMILES string of the molecule is CC1CCC(NS(=O)(=O)c2ccc([N+](=O)[O-])c(N)c2)C1C. The Morgan fingerprint density at radius 1 is 1.33 bits per heavy atom. The number of hydrogen-bond donors (Lipinski definition) is 2. The van der Waals surface area contributed by atoms with Crippen LogP contribution in [0.25, 0.3) is 0 Å². The Balaban J connectivity index is 2.24. The molecule has 1 aromatic carbocycles. The van der Waals surface area contributed by atoms with Crippen molar-refractivity contribution < 1.29 is 13.3 Å². The summed E-state index contributed by atoms with van der Waals surface area (Å²) in [6, 6.07) is 3.34. The zero-order valence-corrected chi connectivity index (χ0v) is 12.8. The Morgan fingerprint density at radius 3 is 2.48 bits per heavy atom. The molecular formula is C13H19N3O4S. The molecule has 1 fully saturated rings. The lowest BCUT2D eigenvalue weighted by atomic mass is 9.98. The number of nitrogens with one attached hydrogen (secondary N) is 1. The summed E-state index contributed by atoms with van der Waals surface area (Å²) in [5.41, 5.74) is 5.09. The number of rotatable bonds is 4. The number of nitrogens with zero attached hydrogens (tertiary/aromatic N) is 1. The van der Waals surface area contributed by atoms with Crippen molar-refractivity contribution in [3.8, 4) is 0 Å². The third-order valence-electron chi connectivity index (χ3n) is 4.28. The van der Waals surface area contributed by atoms with Crippen LogP contribution in [-0.4, -0.2) is 19.4 Å². The van der Waals surface area contributed by atoms with Crippen LogP contribution in [0.4, 0.5) is 11.4 Å². The van der Waals surface area contributed by atoms with Crippen LogP contribution < -0.4 is 10.5 Å². The average Bonchev–Trinajstić information content (AvgIpc) is 2.69. The van der Waals surface area contributed by atoms with Crippen molar-refractivity contribution in [2.45, 2.75) is 37.6 Å².